The average molecular weight is 488 g/mol. The summed E-state index contributed by atoms with van der Waals surface area (Å²) in [7, 11) is 0. The number of hydrogen-bond donors (Lipinski definition) is 1. The van der Waals surface area contributed by atoms with Gasteiger partial charge < -0.3 is 19.4 Å². The minimum absolute atomic E-state index is 0.153. The van der Waals surface area contributed by atoms with E-state index in [2.05, 4.69) is 29.0 Å². The van der Waals surface area contributed by atoms with Gasteiger partial charge in [0.15, 0.2) is 6.10 Å². The van der Waals surface area contributed by atoms with E-state index in [1.165, 1.54) is 11.3 Å². The number of Topliss-reactive ketones (excluding diaryl/α,β-unsaturated/α-hetero) is 1. The Morgan fingerprint density at radius 1 is 1.14 bits per heavy atom. The Bertz CT molecular complexity index is 1570. The molecule has 176 valence electrons. The van der Waals surface area contributed by atoms with Crippen LogP contribution in [0.5, 0.6) is 0 Å². The van der Waals surface area contributed by atoms with Crippen molar-refractivity contribution in [2.75, 3.05) is 23.3 Å². The van der Waals surface area contributed by atoms with E-state index in [9.17, 15) is 14.4 Å². The number of carbonyl (C=O) groups is 2. The van der Waals surface area contributed by atoms with Crippen molar-refractivity contribution in [2.45, 2.75) is 25.6 Å². The number of anilines is 2. The van der Waals surface area contributed by atoms with Crippen molar-refractivity contribution in [3.63, 3.8) is 0 Å². The van der Waals surface area contributed by atoms with Gasteiger partial charge in [-0.3, -0.25) is 9.59 Å². The highest BCUT2D eigenvalue weighted by molar-refractivity contribution is 7.13. The quantitative estimate of drug-likeness (QED) is 0.247. The van der Waals surface area contributed by atoms with Crippen molar-refractivity contribution < 1.29 is 18.7 Å². The van der Waals surface area contributed by atoms with Gasteiger partial charge in [-0.2, -0.15) is 0 Å². The lowest BCUT2D eigenvalue weighted by Crippen LogP contribution is -2.27. The van der Waals surface area contributed by atoms with E-state index in [-0.39, 0.29) is 17.2 Å². The molecule has 0 aliphatic carbocycles. The Labute approximate surface area is 204 Å². The summed E-state index contributed by atoms with van der Waals surface area (Å²) >= 11 is 1.18. The predicted molar refractivity (Wildman–Crippen MR) is 133 cm³/mol. The zero-order chi connectivity index (χ0) is 24.3. The summed E-state index contributed by atoms with van der Waals surface area (Å²) in [6, 6.07) is 14.7. The number of rotatable bonds is 6. The third-order valence-corrected chi connectivity index (χ3v) is 7.48. The van der Waals surface area contributed by atoms with Crippen LogP contribution < -0.4 is 15.8 Å². The number of nitrogens with one attached hydrogen (secondary N) is 1. The molecule has 0 bridgehead atoms. The second-order valence-corrected chi connectivity index (χ2v) is 9.34. The Hall–Kier alpha value is -3.82. The average Bonchev–Trinajstić information content (AvgIpc) is 3.31. The number of epoxide rings is 1. The van der Waals surface area contributed by atoms with Crippen molar-refractivity contribution in [2.24, 2.45) is 0 Å². The van der Waals surface area contributed by atoms with Crippen molar-refractivity contribution in [3.8, 4) is 10.6 Å². The predicted octanol–water partition coefficient (Wildman–Crippen LogP) is 4.19. The fourth-order valence-electron chi connectivity index (χ4n) is 4.70. The lowest BCUT2D eigenvalue weighted by atomic mass is 9.94. The number of aromatic nitrogens is 1. The maximum Gasteiger partial charge on any atom is 0.346 e. The van der Waals surface area contributed by atoms with Gasteiger partial charge in [0, 0.05) is 46.9 Å². The summed E-state index contributed by atoms with van der Waals surface area (Å²) < 4.78 is 11.3. The van der Waals surface area contributed by atoms with Gasteiger partial charge in [0.2, 0.25) is 11.4 Å². The molecule has 2 aliphatic rings. The first-order valence-electron chi connectivity index (χ1n) is 11.4. The lowest BCUT2D eigenvalue weighted by molar-refractivity contribution is -0.120. The van der Waals surface area contributed by atoms with Gasteiger partial charge in [0.25, 0.3) is 5.91 Å². The molecule has 1 amide bonds. The molecule has 1 saturated heterocycles. The van der Waals surface area contributed by atoms with E-state index in [0.717, 1.165) is 24.2 Å². The molecule has 1 N–H and O–H groups in total. The highest BCUT2D eigenvalue weighted by atomic mass is 32.1. The summed E-state index contributed by atoms with van der Waals surface area (Å²) in [5, 5.41) is 5.50. The van der Waals surface area contributed by atoms with Crippen LogP contribution in [0, 0.1) is 0 Å². The summed E-state index contributed by atoms with van der Waals surface area (Å²) in [6.45, 7) is 5.83. The van der Waals surface area contributed by atoms with E-state index >= 15 is 0 Å². The molecule has 8 nitrogen and oxygen atoms in total. The third kappa shape index (κ3) is 3.23. The third-order valence-electron chi connectivity index (χ3n) is 6.60. The second-order valence-electron chi connectivity index (χ2n) is 8.48. The first kappa shape index (κ1) is 21.7. The molecule has 4 aromatic rings. The number of para-hydroxylation sites is 1. The van der Waals surface area contributed by atoms with Gasteiger partial charge in [-0.25, -0.2) is 9.78 Å². The molecule has 1 fully saturated rings. The Kier molecular flexibility index (Phi) is 4.87. The number of ketones is 1. The Morgan fingerprint density at radius 3 is 2.74 bits per heavy atom. The summed E-state index contributed by atoms with van der Waals surface area (Å²) in [5.41, 5.74) is 1.38. The minimum Gasteiger partial charge on any atom is -0.422 e. The lowest BCUT2D eigenvalue weighted by Gasteiger charge is -2.20. The van der Waals surface area contributed by atoms with Gasteiger partial charge in [0.1, 0.15) is 16.3 Å². The SMILES string of the molecule is CCN(CC)c1ccc2cc(-c3nc(C(=O)C4OC45C(=O)Nc4ccccc45)cs3)c(=O)oc2c1. The molecule has 2 aromatic carbocycles. The fraction of sp³-hybridized carbons (Fsp3) is 0.231. The number of benzene rings is 2. The topological polar surface area (TPSA) is 105 Å². The van der Waals surface area contributed by atoms with E-state index in [1.807, 2.05) is 24.3 Å². The minimum atomic E-state index is -1.30. The van der Waals surface area contributed by atoms with E-state index in [1.54, 1.807) is 29.6 Å². The van der Waals surface area contributed by atoms with Crippen LogP contribution in [-0.4, -0.2) is 35.9 Å². The molecule has 9 heteroatoms. The molecule has 2 aliphatic heterocycles. The van der Waals surface area contributed by atoms with Crippen LogP contribution in [0.25, 0.3) is 21.5 Å². The molecule has 2 unspecified atom stereocenters. The summed E-state index contributed by atoms with van der Waals surface area (Å²) in [4.78, 5) is 45.1. The molecule has 35 heavy (non-hydrogen) atoms. The number of amides is 1. The van der Waals surface area contributed by atoms with Crippen molar-refractivity contribution >= 4 is 45.4 Å². The highest BCUT2D eigenvalue weighted by Crippen LogP contribution is 2.54. The highest BCUT2D eigenvalue weighted by Gasteiger charge is 2.70. The van der Waals surface area contributed by atoms with Gasteiger partial charge in [-0.1, -0.05) is 18.2 Å². The Morgan fingerprint density at radius 2 is 1.94 bits per heavy atom. The number of ether oxygens (including phenoxy) is 1. The van der Waals surface area contributed by atoms with Gasteiger partial charge in [-0.05, 0) is 38.1 Å². The van der Waals surface area contributed by atoms with Crippen LogP contribution in [0.15, 0.2) is 63.1 Å². The zero-order valence-electron chi connectivity index (χ0n) is 19.0. The number of carbonyl (C=O) groups excluding carboxylic acids is 2. The molecule has 6 rings (SSSR count). The van der Waals surface area contributed by atoms with Crippen molar-refractivity contribution in [1.82, 2.24) is 4.98 Å². The molecular weight excluding hydrogens is 466 g/mol. The van der Waals surface area contributed by atoms with E-state index < -0.39 is 23.1 Å². The van der Waals surface area contributed by atoms with Crippen LogP contribution in [0.4, 0.5) is 11.4 Å². The number of fused-ring (bicyclic) bond motifs is 3. The molecule has 2 atom stereocenters. The first-order chi connectivity index (χ1) is 17.0. The largest absolute Gasteiger partial charge is 0.422 e. The van der Waals surface area contributed by atoms with Crippen LogP contribution in [0.1, 0.15) is 29.9 Å². The van der Waals surface area contributed by atoms with Gasteiger partial charge >= 0.3 is 5.63 Å². The smallest absolute Gasteiger partial charge is 0.346 e. The molecule has 4 heterocycles. The molecule has 2 aromatic heterocycles. The van der Waals surface area contributed by atoms with E-state index in [0.29, 0.717) is 21.8 Å². The standard InChI is InChI=1S/C26H21N3O5S/c1-3-29(4-2)15-10-9-14-11-16(24(31)33-20(14)12-15)23-27-19(13-35-23)21(30)22-26(34-22)17-7-5-6-8-18(17)28-25(26)32/h5-13,22H,3-4H2,1-2H3,(H,28,32). The van der Waals surface area contributed by atoms with Crippen molar-refractivity contribution in [1.29, 1.82) is 0 Å². The molecule has 0 saturated carbocycles. The maximum atomic E-state index is 13.2. The molecule has 0 radical (unpaired) electrons. The maximum absolute atomic E-state index is 13.2. The normalized spacial score (nSPS) is 20.2. The molecular formula is C26H21N3O5S. The van der Waals surface area contributed by atoms with E-state index in [4.69, 9.17) is 9.15 Å². The fourth-order valence-corrected chi connectivity index (χ4v) is 5.51. The van der Waals surface area contributed by atoms with Crippen LogP contribution >= 0.6 is 11.3 Å². The van der Waals surface area contributed by atoms with Gasteiger partial charge in [-0.15, -0.1) is 11.3 Å². The van der Waals surface area contributed by atoms with Crippen LogP contribution in [0.3, 0.4) is 0 Å². The Balaban J connectivity index is 1.30. The second kappa shape index (κ2) is 7.86. The monoisotopic (exact) mass is 487 g/mol. The molecule has 1 spiro atoms. The van der Waals surface area contributed by atoms with Crippen LogP contribution in [0.2, 0.25) is 0 Å². The number of thiazole rings is 1. The summed E-state index contributed by atoms with van der Waals surface area (Å²) in [5.74, 6) is -0.750. The number of hydrogen-bond acceptors (Lipinski definition) is 8. The van der Waals surface area contributed by atoms with Gasteiger partial charge in [0.05, 0.1) is 5.56 Å². The number of nitrogens with zero attached hydrogens (tertiary/aromatic N) is 2. The first-order valence-corrected chi connectivity index (χ1v) is 12.3. The van der Waals surface area contributed by atoms with Crippen molar-refractivity contribution in [3.05, 3.63) is 75.6 Å². The zero-order valence-corrected chi connectivity index (χ0v) is 19.8. The summed E-state index contributed by atoms with van der Waals surface area (Å²) in [6.07, 6.45) is -0.951. The van der Waals surface area contributed by atoms with Crippen LogP contribution in [-0.2, 0) is 15.1 Å².